The first-order valence-electron chi connectivity index (χ1n) is 6.10. The molecule has 0 spiro atoms. The molecule has 0 atom stereocenters. The van der Waals surface area contributed by atoms with Gasteiger partial charge in [0.15, 0.2) is 0 Å². The third-order valence-electron chi connectivity index (χ3n) is 2.88. The zero-order valence-corrected chi connectivity index (χ0v) is 11.4. The predicted molar refractivity (Wildman–Crippen MR) is 75.1 cm³/mol. The van der Waals surface area contributed by atoms with Crippen molar-refractivity contribution in [2.75, 3.05) is 19.0 Å². The number of carbonyl (C=O) groups excluding carboxylic acids is 1. The van der Waals surface area contributed by atoms with Crippen molar-refractivity contribution in [2.45, 2.75) is 6.54 Å². The number of aryl methyl sites for hydroxylation is 1. The summed E-state index contributed by atoms with van der Waals surface area (Å²) in [6.45, 7) is 0.502. The maximum absolute atomic E-state index is 11.9. The molecule has 5 heteroatoms. The minimum Gasteiger partial charge on any atom is -0.377 e. The van der Waals surface area contributed by atoms with Crippen LogP contribution in [0.15, 0.2) is 36.7 Å². The molecule has 19 heavy (non-hydrogen) atoms. The van der Waals surface area contributed by atoms with Crippen molar-refractivity contribution >= 4 is 11.6 Å². The summed E-state index contributed by atoms with van der Waals surface area (Å²) in [6.07, 6.45) is 3.26. The second-order valence-corrected chi connectivity index (χ2v) is 4.61. The first kappa shape index (κ1) is 13.1. The van der Waals surface area contributed by atoms with Crippen LogP contribution in [0.25, 0.3) is 0 Å². The molecule has 100 valence electrons. The molecule has 0 fully saturated rings. The van der Waals surface area contributed by atoms with Crippen LogP contribution in [-0.2, 0) is 13.6 Å². The van der Waals surface area contributed by atoms with Gasteiger partial charge in [-0.3, -0.25) is 9.48 Å². The highest BCUT2D eigenvalue weighted by Gasteiger charge is 2.09. The van der Waals surface area contributed by atoms with E-state index in [1.807, 2.05) is 43.3 Å². The third kappa shape index (κ3) is 3.13. The molecule has 0 bridgehead atoms. The van der Waals surface area contributed by atoms with Gasteiger partial charge < -0.3 is 10.2 Å². The number of aromatic nitrogens is 2. The lowest BCUT2D eigenvalue weighted by Crippen LogP contribution is -2.23. The summed E-state index contributed by atoms with van der Waals surface area (Å²) >= 11 is 0. The highest BCUT2D eigenvalue weighted by molar-refractivity contribution is 5.93. The van der Waals surface area contributed by atoms with E-state index in [0.29, 0.717) is 12.1 Å². The van der Waals surface area contributed by atoms with E-state index in [9.17, 15) is 4.79 Å². The Morgan fingerprint density at radius 2 is 2.11 bits per heavy atom. The Bertz CT molecular complexity index is 574. The van der Waals surface area contributed by atoms with Crippen LogP contribution in [0, 0.1) is 0 Å². The maximum atomic E-state index is 11.9. The molecule has 0 unspecified atom stereocenters. The predicted octanol–water partition coefficient (Wildman–Crippen LogP) is 1.42. The van der Waals surface area contributed by atoms with E-state index in [1.54, 1.807) is 24.1 Å². The van der Waals surface area contributed by atoms with Gasteiger partial charge in [-0.2, -0.15) is 5.10 Å². The summed E-state index contributed by atoms with van der Waals surface area (Å²) in [5.41, 5.74) is 2.77. The van der Waals surface area contributed by atoms with Gasteiger partial charge in [0.25, 0.3) is 5.91 Å². The van der Waals surface area contributed by atoms with Gasteiger partial charge in [0, 0.05) is 39.6 Å². The number of amides is 1. The Kier molecular flexibility index (Phi) is 3.85. The zero-order chi connectivity index (χ0) is 13.8. The van der Waals surface area contributed by atoms with Crippen molar-refractivity contribution in [3.05, 3.63) is 47.8 Å². The number of hydrogen-bond donors (Lipinski definition) is 1. The molecule has 2 aromatic rings. The van der Waals surface area contributed by atoms with Crippen LogP contribution in [0.2, 0.25) is 0 Å². The van der Waals surface area contributed by atoms with E-state index in [0.717, 1.165) is 11.3 Å². The van der Waals surface area contributed by atoms with Crippen molar-refractivity contribution < 1.29 is 4.79 Å². The van der Waals surface area contributed by atoms with Crippen molar-refractivity contribution in [3.8, 4) is 0 Å². The molecule has 0 saturated carbocycles. The number of nitrogens with one attached hydrogen (secondary N) is 1. The van der Waals surface area contributed by atoms with Gasteiger partial charge in [-0.05, 0) is 11.6 Å². The molecule has 1 aromatic carbocycles. The monoisotopic (exact) mass is 258 g/mol. The Morgan fingerprint density at radius 3 is 2.74 bits per heavy atom. The largest absolute Gasteiger partial charge is 0.377 e. The van der Waals surface area contributed by atoms with E-state index < -0.39 is 0 Å². The highest BCUT2D eigenvalue weighted by Crippen LogP contribution is 2.17. The topological polar surface area (TPSA) is 50.2 Å². The Balaban J connectivity index is 2.05. The number of nitrogens with zero attached hydrogens (tertiary/aromatic N) is 3. The van der Waals surface area contributed by atoms with Gasteiger partial charge >= 0.3 is 0 Å². The fourth-order valence-corrected chi connectivity index (χ4v) is 1.91. The van der Waals surface area contributed by atoms with E-state index >= 15 is 0 Å². The third-order valence-corrected chi connectivity index (χ3v) is 2.88. The summed E-state index contributed by atoms with van der Waals surface area (Å²) in [6, 6.07) is 8.00. The molecule has 0 saturated heterocycles. The lowest BCUT2D eigenvalue weighted by molar-refractivity contribution is 0.0951. The second-order valence-electron chi connectivity index (χ2n) is 4.61. The van der Waals surface area contributed by atoms with Crippen LogP contribution in [0.1, 0.15) is 15.9 Å². The smallest absolute Gasteiger partial charge is 0.254 e. The van der Waals surface area contributed by atoms with Gasteiger partial charge in [-0.25, -0.2) is 0 Å². The highest BCUT2D eigenvalue weighted by atomic mass is 16.1. The first-order valence-corrected chi connectivity index (χ1v) is 6.10. The molecule has 5 nitrogen and oxygen atoms in total. The minimum atomic E-state index is -0.110. The van der Waals surface area contributed by atoms with Crippen molar-refractivity contribution in [3.63, 3.8) is 0 Å². The normalized spacial score (nSPS) is 10.3. The number of hydrogen-bond acceptors (Lipinski definition) is 3. The molecule has 1 heterocycles. The molecular weight excluding hydrogens is 240 g/mol. The van der Waals surface area contributed by atoms with Gasteiger partial charge in [0.2, 0.25) is 0 Å². The van der Waals surface area contributed by atoms with Crippen molar-refractivity contribution in [1.29, 1.82) is 0 Å². The number of anilines is 1. The van der Waals surface area contributed by atoms with E-state index in [-0.39, 0.29) is 5.91 Å². The SMILES string of the molecule is CN(C)c1ccccc1CNC(=O)c1cnn(C)c1. The number of benzene rings is 1. The second kappa shape index (κ2) is 5.56. The zero-order valence-electron chi connectivity index (χ0n) is 11.4. The van der Waals surface area contributed by atoms with Crippen LogP contribution >= 0.6 is 0 Å². The fraction of sp³-hybridized carbons (Fsp3) is 0.286. The van der Waals surface area contributed by atoms with Crippen molar-refractivity contribution in [1.82, 2.24) is 15.1 Å². The Labute approximate surface area is 112 Å². The molecule has 1 N–H and O–H groups in total. The van der Waals surface area contributed by atoms with E-state index in [1.165, 1.54) is 0 Å². The molecule has 0 aliphatic rings. The lowest BCUT2D eigenvalue weighted by Gasteiger charge is -2.17. The average molecular weight is 258 g/mol. The summed E-state index contributed by atoms with van der Waals surface area (Å²) in [5, 5.41) is 6.89. The van der Waals surface area contributed by atoms with Crippen LogP contribution in [0.3, 0.4) is 0 Å². The summed E-state index contributed by atoms with van der Waals surface area (Å²) < 4.78 is 1.61. The quantitative estimate of drug-likeness (QED) is 0.902. The van der Waals surface area contributed by atoms with E-state index in [4.69, 9.17) is 0 Å². The van der Waals surface area contributed by atoms with Gasteiger partial charge in [-0.1, -0.05) is 18.2 Å². The summed E-state index contributed by atoms with van der Waals surface area (Å²) in [5.74, 6) is -0.110. The van der Waals surface area contributed by atoms with Crippen LogP contribution in [-0.4, -0.2) is 29.8 Å². The Morgan fingerprint density at radius 1 is 1.37 bits per heavy atom. The van der Waals surface area contributed by atoms with Crippen LogP contribution in [0.5, 0.6) is 0 Å². The molecule has 1 aromatic heterocycles. The molecule has 0 aliphatic heterocycles. The number of carbonyl (C=O) groups is 1. The first-order chi connectivity index (χ1) is 9.08. The van der Waals surface area contributed by atoms with Gasteiger partial charge in [-0.15, -0.1) is 0 Å². The van der Waals surface area contributed by atoms with E-state index in [2.05, 4.69) is 10.4 Å². The van der Waals surface area contributed by atoms with Crippen LogP contribution in [0.4, 0.5) is 5.69 Å². The Hall–Kier alpha value is -2.30. The van der Waals surface area contributed by atoms with Crippen LogP contribution < -0.4 is 10.2 Å². The summed E-state index contributed by atoms with van der Waals surface area (Å²) in [4.78, 5) is 14.0. The van der Waals surface area contributed by atoms with Gasteiger partial charge in [0.05, 0.1) is 11.8 Å². The molecule has 0 radical (unpaired) electrons. The number of rotatable bonds is 4. The maximum Gasteiger partial charge on any atom is 0.254 e. The summed E-state index contributed by atoms with van der Waals surface area (Å²) in [7, 11) is 5.77. The molecule has 2 rings (SSSR count). The number of para-hydroxylation sites is 1. The lowest BCUT2D eigenvalue weighted by atomic mass is 10.1. The molecular formula is C14H18N4O. The fourth-order valence-electron chi connectivity index (χ4n) is 1.91. The van der Waals surface area contributed by atoms with Crippen molar-refractivity contribution in [2.24, 2.45) is 7.05 Å². The molecule has 1 amide bonds. The minimum absolute atomic E-state index is 0.110. The average Bonchev–Trinajstić information content (AvgIpc) is 2.83. The molecule has 0 aliphatic carbocycles. The van der Waals surface area contributed by atoms with Gasteiger partial charge in [0.1, 0.15) is 0 Å². The standard InChI is InChI=1S/C14H18N4O/c1-17(2)13-7-5-4-6-11(13)8-15-14(19)12-9-16-18(3)10-12/h4-7,9-10H,8H2,1-3H3,(H,15,19).